The molecule has 1 aromatic heterocycles. The van der Waals surface area contributed by atoms with Gasteiger partial charge in [0.1, 0.15) is 5.82 Å². The summed E-state index contributed by atoms with van der Waals surface area (Å²) >= 11 is 1.32. The molecule has 162 valence electrons. The second-order valence-corrected chi connectivity index (χ2v) is 8.14. The van der Waals surface area contributed by atoms with Crippen LogP contribution in [-0.2, 0) is 4.79 Å². The molecule has 0 saturated heterocycles. The highest BCUT2D eigenvalue weighted by Gasteiger charge is 2.20. The lowest BCUT2D eigenvalue weighted by Crippen LogP contribution is -2.32. The lowest BCUT2D eigenvalue weighted by molar-refractivity contribution is -0.116. The topological polar surface area (TPSA) is 51.0 Å². The van der Waals surface area contributed by atoms with Crippen molar-refractivity contribution in [1.29, 1.82) is 0 Å². The average molecular weight is 447 g/mol. The van der Waals surface area contributed by atoms with Crippen molar-refractivity contribution in [2.45, 2.75) is 19.0 Å². The van der Waals surface area contributed by atoms with E-state index in [0.717, 1.165) is 22.5 Å². The number of para-hydroxylation sites is 1. The van der Waals surface area contributed by atoms with Crippen LogP contribution in [0.25, 0.3) is 17.1 Å². The molecule has 4 rings (SSSR count). The van der Waals surface area contributed by atoms with Crippen molar-refractivity contribution in [1.82, 2.24) is 14.8 Å². The zero-order chi connectivity index (χ0) is 22.5. The molecule has 0 bridgehead atoms. The van der Waals surface area contributed by atoms with Gasteiger partial charge in [-0.25, -0.2) is 4.39 Å². The third kappa shape index (κ3) is 4.57. The number of benzene rings is 3. The van der Waals surface area contributed by atoms with Crippen LogP contribution in [0.2, 0.25) is 0 Å². The Bertz CT molecular complexity index is 1210. The number of carbonyl (C=O) groups is 1. The smallest absolute Gasteiger partial charge is 0.237 e. The highest BCUT2D eigenvalue weighted by Crippen LogP contribution is 2.29. The quantitative estimate of drug-likeness (QED) is 0.351. The van der Waals surface area contributed by atoms with Crippen LogP contribution in [0, 0.1) is 12.7 Å². The number of amides is 1. The first-order valence-electron chi connectivity index (χ1n) is 10.3. The summed E-state index contributed by atoms with van der Waals surface area (Å²) in [7, 11) is 0. The fraction of sp³-hybridized carbons (Fsp3) is 0.160. The van der Waals surface area contributed by atoms with Crippen LogP contribution in [0.5, 0.6) is 0 Å². The Morgan fingerprint density at radius 1 is 0.969 bits per heavy atom. The number of halogens is 1. The van der Waals surface area contributed by atoms with E-state index in [4.69, 9.17) is 0 Å². The maximum atomic E-state index is 13.5. The fourth-order valence-corrected chi connectivity index (χ4v) is 4.34. The minimum absolute atomic E-state index is 0.0123. The Morgan fingerprint density at radius 3 is 2.34 bits per heavy atom. The largest absolute Gasteiger partial charge is 0.312 e. The monoisotopic (exact) mass is 446 g/mol. The SMILES string of the molecule is CCN(C(=O)CSc1nnc(-c2ccccc2)n1-c1ccc(F)cc1)c1ccccc1C. The molecule has 32 heavy (non-hydrogen) atoms. The van der Waals surface area contributed by atoms with Crippen LogP contribution in [0.3, 0.4) is 0 Å². The van der Waals surface area contributed by atoms with Gasteiger partial charge in [0.15, 0.2) is 11.0 Å². The molecule has 0 N–H and O–H groups in total. The molecule has 0 spiro atoms. The van der Waals surface area contributed by atoms with Gasteiger partial charge in [0, 0.05) is 23.5 Å². The van der Waals surface area contributed by atoms with Crippen molar-refractivity contribution < 1.29 is 9.18 Å². The minimum atomic E-state index is -0.315. The lowest BCUT2D eigenvalue weighted by atomic mass is 10.2. The summed E-state index contributed by atoms with van der Waals surface area (Å²) in [5.74, 6) is 0.514. The van der Waals surface area contributed by atoms with E-state index in [1.54, 1.807) is 17.0 Å². The molecule has 1 amide bonds. The summed E-state index contributed by atoms with van der Waals surface area (Å²) in [6.45, 7) is 4.53. The predicted octanol–water partition coefficient (Wildman–Crippen LogP) is 5.53. The van der Waals surface area contributed by atoms with Crippen molar-refractivity contribution in [3.8, 4) is 17.1 Å². The van der Waals surface area contributed by atoms with Gasteiger partial charge in [-0.15, -0.1) is 10.2 Å². The van der Waals surface area contributed by atoms with Gasteiger partial charge in [-0.1, -0.05) is 60.3 Å². The molecular weight excluding hydrogens is 423 g/mol. The summed E-state index contributed by atoms with van der Waals surface area (Å²) in [5.41, 5.74) is 3.58. The van der Waals surface area contributed by atoms with Gasteiger partial charge in [-0.3, -0.25) is 9.36 Å². The molecule has 0 aliphatic carbocycles. The van der Waals surface area contributed by atoms with Crippen LogP contribution >= 0.6 is 11.8 Å². The molecule has 0 atom stereocenters. The normalized spacial score (nSPS) is 10.8. The molecule has 4 aromatic rings. The molecule has 0 aliphatic heterocycles. The maximum Gasteiger partial charge on any atom is 0.237 e. The second kappa shape index (κ2) is 9.78. The van der Waals surface area contributed by atoms with E-state index in [1.165, 1.54) is 23.9 Å². The third-order valence-corrected chi connectivity index (χ3v) is 6.01. The van der Waals surface area contributed by atoms with Crippen LogP contribution in [0.4, 0.5) is 10.1 Å². The summed E-state index contributed by atoms with van der Waals surface area (Å²) in [5, 5.41) is 9.30. The highest BCUT2D eigenvalue weighted by molar-refractivity contribution is 7.99. The molecule has 3 aromatic carbocycles. The molecule has 0 fully saturated rings. The number of anilines is 1. The van der Waals surface area contributed by atoms with Crippen molar-refractivity contribution in [3.05, 3.63) is 90.2 Å². The van der Waals surface area contributed by atoms with Crippen LogP contribution in [0.1, 0.15) is 12.5 Å². The molecule has 1 heterocycles. The van der Waals surface area contributed by atoms with Crippen LogP contribution < -0.4 is 4.90 Å². The van der Waals surface area contributed by atoms with Crippen LogP contribution in [-0.4, -0.2) is 33.0 Å². The first-order chi connectivity index (χ1) is 15.6. The van der Waals surface area contributed by atoms with Gasteiger partial charge < -0.3 is 4.90 Å². The first-order valence-corrected chi connectivity index (χ1v) is 11.3. The highest BCUT2D eigenvalue weighted by atomic mass is 32.2. The van der Waals surface area contributed by atoms with Gasteiger partial charge in [-0.2, -0.15) is 0 Å². The molecule has 7 heteroatoms. The second-order valence-electron chi connectivity index (χ2n) is 7.20. The van der Waals surface area contributed by atoms with Crippen LogP contribution in [0.15, 0.2) is 84.0 Å². The van der Waals surface area contributed by atoms with Crippen molar-refractivity contribution in [2.75, 3.05) is 17.2 Å². The Hall–Kier alpha value is -3.45. The summed E-state index contributed by atoms with van der Waals surface area (Å²) in [6, 6.07) is 23.7. The van der Waals surface area contributed by atoms with E-state index in [0.29, 0.717) is 17.5 Å². The number of hydrogen-bond acceptors (Lipinski definition) is 4. The van der Waals surface area contributed by atoms with Gasteiger partial charge in [-0.05, 0) is 49.7 Å². The minimum Gasteiger partial charge on any atom is -0.312 e. The first kappa shape index (κ1) is 21.8. The average Bonchev–Trinajstić information content (AvgIpc) is 3.24. The van der Waals surface area contributed by atoms with Crippen molar-refractivity contribution in [2.24, 2.45) is 0 Å². The van der Waals surface area contributed by atoms with Gasteiger partial charge >= 0.3 is 0 Å². The maximum absolute atomic E-state index is 13.5. The summed E-state index contributed by atoms with van der Waals surface area (Å²) in [4.78, 5) is 14.8. The molecule has 5 nitrogen and oxygen atoms in total. The van der Waals surface area contributed by atoms with Crippen molar-refractivity contribution >= 4 is 23.4 Å². The summed E-state index contributed by atoms with van der Waals surface area (Å²) in [6.07, 6.45) is 0. The Balaban J connectivity index is 1.64. The summed E-state index contributed by atoms with van der Waals surface area (Å²) < 4.78 is 15.4. The number of aromatic nitrogens is 3. The number of thioether (sulfide) groups is 1. The predicted molar refractivity (Wildman–Crippen MR) is 127 cm³/mol. The van der Waals surface area contributed by atoms with E-state index < -0.39 is 0 Å². The number of rotatable bonds is 7. The molecular formula is C25H23FN4OS. The molecule has 0 unspecified atom stereocenters. The Labute approximate surface area is 190 Å². The van der Waals surface area contributed by atoms with E-state index >= 15 is 0 Å². The van der Waals surface area contributed by atoms with Gasteiger partial charge in [0.05, 0.1) is 5.75 Å². The number of carbonyl (C=O) groups excluding carboxylic acids is 1. The van der Waals surface area contributed by atoms with E-state index in [9.17, 15) is 9.18 Å². The lowest BCUT2D eigenvalue weighted by Gasteiger charge is -2.22. The number of hydrogen-bond donors (Lipinski definition) is 0. The Kier molecular flexibility index (Phi) is 6.66. The number of aryl methyl sites for hydroxylation is 1. The van der Waals surface area contributed by atoms with Gasteiger partial charge in [0.25, 0.3) is 0 Å². The third-order valence-electron chi connectivity index (χ3n) is 5.10. The zero-order valence-electron chi connectivity index (χ0n) is 17.9. The molecule has 0 saturated carbocycles. The fourth-order valence-electron chi connectivity index (χ4n) is 3.51. The van der Waals surface area contributed by atoms with E-state index in [-0.39, 0.29) is 17.5 Å². The van der Waals surface area contributed by atoms with Crippen molar-refractivity contribution in [3.63, 3.8) is 0 Å². The zero-order valence-corrected chi connectivity index (χ0v) is 18.7. The van der Waals surface area contributed by atoms with Gasteiger partial charge in [0.2, 0.25) is 5.91 Å². The van der Waals surface area contributed by atoms with E-state index in [2.05, 4.69) is 10.2 Å². The van der Waals surface area contributed by atoms with E-state index in [1.807, 2.05) is 73.0 Å². The number of nitrogens with zero attached hydrogens (tertiary/aromatic N) is 4. The molecule has 0 aliphatic rings. The standard InChI is InChI=1S/C25H23FN4OS/c1-3-29(22-12-8-7-9-18(22)2)23(31)17-32-25-28-27-24(19-10-5-4-6-11-19)30(25)21-15-13-20(26)14-16-21/h4-16H,3,17H2,1-2H3. The Morgan fingerprint density at radius 2 is 1.66 bits per heavy atom. The molecule has 0 radical (unpaired) electrons.